The molecule has 0 amide bonds. The molecular formula is C15H20N4O2S2. The Hall–Kier alpha value is -1.93. The number of aromatic nitrogens is 2. The molecule has 0 aromatic carbocycles. The molecule has 1 atom stereocenters. The lowest BCUT2D eigenvalue weighted by Crippen LogP contribution is -2.31. The molecule has 0 saturated carbocycles. The Kier molecular flexibility index (Phi) is 5.38. The first-order valence-corrected chi connectivity index (χ1v) is 8.30. The van der Waals surface area contributed by atoms with Crippen molar-refractivity contribution in [1.82, 2.24) is 15.1 Å². The number of hydrogen-bond acceptors (Lipinski definition) is 5. The zero-order valence-corrected chi connectivity index (χ0v) is 15.4. The van der Waals surface area contributed by atoms with Crippen molar-refractivity contribution in [3.05, 3.63) is 34.0 Å². The summed E-state index contributed by atoms with van der Waals surface area (Å²) < 4.78 is 6.57. The summed E-state index contributed by atoms with van der Waals surface area (Å²) in [5.41, 5.74) is 2.52. The van der Waals surface area contributed by atoms with Gasteiger partial charge in [0.05, 0.1) is 24.4 Å². The molecule has 0 aliphatic heterocycles. The summed E-state index contributed by atoms with van der Waals surface area (Å²) in [6, 6.07) is 1.79. The predicted octanol–water partition coefficient (Wildman–Crippen LogP) is 2.93. The zero-order chi connectivity index (χ0) is 17.1. The lowest BCUT2D eigenvalue weighted by Gasteiger charge is -2.16. The number of aryl methyl sites for hydroxylation is 3. The molecule has 2 N–H and O–H groups in total. The summed E-state index contributed by atoms with van der Waals surface area (Å²) in [6.45, 7) is 5.90. The number of thiocarbonyl (C=S) groups is 1. The van der Waals surface area contributed by atoms with Gasteiger partial charge in [-0.25, -0.2) is 4.79 Å². The van der Waals surface area contributed by atoms with Crippen LogP contribution < -0.4 is 10.6 Å². The molecule has 0 saturated heterocycles. The number of ether oxygens (including phenoxy) is 1. The molecule has 6 nitrogen and oxygen atoms in total. The second-order valence-electron chi connectivity index (χ2n) is 5.26. The molecule has 2 heterocycles. The van der Waals surface area contributed by atoms with Crippen LogP contribution in [0.3, 0.4) is 0 Å². The maximum Gasteiger partial charge on any atom is 0.340 e. The van der Waals surface area contributed by atoms with E-state index in [1.54, 1.807) is 10.7 Å². The Morgan fingerprint density at radius 2 is 2.17 bits per heavy atom. The van der Waals surface area contributed by atoms with E-state index < -0.39 is 0 Å². The fraction of sp³-hybridized carbons (Fsp3) is 0.400. The molecule has 0 aliphatic carbocycles. The molecule has 2 rings (SSSR count). The second kappa shape index (κ2) is 7.10. The number of carbonyl (C=O) groups is 1. The summed E-state index contributed by atoms with van der Waals surface area (Å²) >= 11 is 6.82. The molecular weight excluding hydrogens is 332 g/mol. The van der Waals surface area contributed by atoms with Crippen LogP contribution in [0.5, 0.6) is 0 Å². The highest BCUT2D eigenvalue weighted by molar-refractivity contribution is 7.80. The van der Waals surface area contributed by atoms with Gasteiger partial charge in [-0.2, -0.15) is 5.10 Å². The topological polar surface area (TPSA) is 68.2 Å². The minimum atomic E-state index is -0.379. The lowest BCUT2D eigenvalue weighted by molar-refractivity contribution is 0.0602. The molecule has 23 heavy (non-hydrogen) atoms. The van der Waals surface area contributed by atoms with E-state index in [2.05, 4.69) is 15.7 Å². The third kappa shape index (κ3) is 4.08. The number of thiophene rings is 1. The fourth-order valence-electron chi connectivity index (χ4n) is 2.33. The maximum atomic E-state index is 11.8. The third-order valence-electron chi connectivity index (χ3n) is 3.35. The molecule has 2 aromatic rings. The molecule has 124 valence electrons. The van der Waals surface area contributed by atoms with Gasteiger partial charge in [-0.05, 0) is 39.1 Å². The second-order valence-corrected chi connectivity index (χ2v) is 6.92. The zero-order valence-electron chi connectivity index (χ0n) is 13.8. The Labute approximate surface area is 144 Å². The highest BCUT2D eigenvalue weighted by Gasteiger charge is 2.18. The van der Waals surface area contributed by atoms with Crippen LogP contribution in [-0.4, -0.2) is 28.0 Å². The summed E-state index contributed by atoms with van der Waals surface area (Å²) in [5.74, 6) is -0.379. The van der Waals surface area contributed by atoms with E-state index in [-0.39, 0.29) is 12.0 Å². The highest BCUT2D eigenvalue weighted by Crippen LogP contribution is 2.28. The highest BCUT2D eigenvalue weighted by atomic mass is 32.1. The van der Waals surface area contributed by atoms with Gasteiger partial charge in [-0.3, -0.25) is 4.68 Å². The van der Waals surface area contributed by atoms with Crippen molar-refractivity contribution in [1.29, 1.82) is 0 Å². The average molecular weight is 352 g/mol. The van der Waals surface area contributed by atoms with Crippen molar-refractivity contribution >= 4 is 39.6 Å². The van der Waals surface area contributed by atoms with Crippen LogP contribution in [0.2, 0.25) is 0 Å². The normalized spacial score (nSPS) is 11.9. The van der Waals surface area contributed by atoms with Crippen molar-refractivity contribution < 1.29 is 9.53 Å². The van der Waals surface area contributed by atoms with Crippen LogP contribution in [0.4, 0.5) is 5.00 Å². The van der Waals surface area contributed by atoms with Crippen LogP contribution >= 0.6 is 23.6 Å². The number of carbonyl (C=O) groups excluding carboxylic acids is 1. The van der Waals surface area contributed by atoms with Gasteiger partial charge < -0.3 is 15.4 Å². The fourth-order valence-corrected chi connectivity index (χ4v) is 3.57. The van der Waals surface area contributed by atoms with Gasteiger partial charge >= 0.3 is 5.97 Å². The monoisotopic (exact) mass is 352 g/mol. The molecule has 2 aromatic heterocycles. The quantitative estimate of drug-likeness (QED) is 0.651. The molecule has 0 aliphatic rings. The minimum Gasteiger partial charge on any atom is -0.465 e. The molecule has 0 radical (unpaired) electrons. The summed E-state index contributed by atoms with van der Waals surface area (Å²) in [5, 5.41) is 11.8. The number of esters is 1. The summed E-state index contributed by atoms with van der Waals surface area (Å²) in [6.07, 6.45) is 1.96. The number of nitrogens with zero attached hydrogens (tertiary/aromatic N) is 2. The molecule has 0 unspecified atom stereocenters. The van der Waals surface area contributed by atoms with E-state index in [0.717, 1.165) is 16.1 Å². The van der Waals surface area contributed by atoms with E-state index in [9.17, 15) is 4.79 Å². The van der Waals surface area contributed by atoms with Crippen LogP contribution in [-0.2, 0) is 11.8 Å². The number of anilines is 1. The van der Waals surface area contributed by atoms with Crippen LogP contribution in [0.25, 0.3) is 0 Å². The van der Waals surface area contributed by atoms with Gasteiger partial charge in [0.25, 0.3) is 0 Å². The first-order valence-electron chi connectivity index (χ1n) is 7.08. The Bertz CT molecular complexity index is 736. The van der Waals surface area contributed by atoms with E-state index in [4.69, 9.17) is 17.0 Å². The molecule has 0 spiro atoms. The molecule has 0 fully saturated rings. The van der Waals surface area contributed by atoms with Crippen LogP contribution in [0, 0.1) is 13.8 Å². The van der Waals surface area contributed by atoms with Crippen molar-refractivity contribution in [2.75, 3.05) is 12.4 Å². The Morgan fingerprint density at radius 3 is 2.74 bits per heavy atom. The van der Waals surface area contributed by atoms with Gasteiger partial charge in [0.15, 0.2) is 5.11 Å². The van der Waals surface area contributed by atoms with Crippen molar-refractivity contribution in [2.45, 2.75) is 26.8 Å². The third-order valence-corrected chi connectivity index (χ3v) is 4.54. The summed E-state index contributed by atoms with van der Waals surface area (Å²) in [4.78, 5) is 12.8. The van der Waals surface area contributed by atoms with E-state index in [1.807, 2.05) is 34.0 Å². The molecule has 0 bridgehead atoms. The van der Waals surface area contributed by atoms with Gasteiger partial charge in [0, 0.05) is 23.7 Å². The average Bonchev–Trinajstić information content (AvgIpc) is 3.00. The van der Waals surface area contributed by atoms with Crippen molar-refractivity contribution in [3.8, 4) is 0 Å². The van der Waals surface area contributed by atoms with E-state index in [0.29, 0.717) is 15.7 Å². The lowest BCUT2D eigenvalue weighted by atomic mass is 10.1. The standard InChI is InChI=1S/C15H20N4O2S2/c1-8-6-11(14(20)21-5)13(23-8)17-15(22)16-9(2)12-7-19(4)18-10(12)3/h6-7,9H,1-5H3,(H2,16,17,22)/t9-/m0/s1. The number of rotatable bonds is 4. The van der Waals surface area contributed by atoms with Gasteiger partial charge in [0.2, 0.25) is 0 Å². The SMILES string of the molecule is COC(=O)c1cc(C)sc1NC(=S)N[C@@H](C)c1cn(C)nc1C. The van der Waals surface area contributed by atoms with Crippen LogP contribution in [0.1, 0.15) is 39.5 Å². The largest absolute Gasteiger partial charge is 0.465 e. The minimum absolute atomic E-state index is 0.00587. The first kappa shape index (κ1) is 17.4. The Morgan fingerprint density at radius 1 is 1.48 bits per heavy atom. The van der Waals surface area contributed by atoms with E-state index >= 15 is 0 Å². The van der Waals surface area contributed by atoms with Gasteiger partial charge in [0.1, 0.15) is 5.00 Å². The Balaban J connectivity index is 2.08. The maximum absolute atomic E-state index is 11.8. The molecule has 8 heteroatoms. The number of nitrogens with one attached hydrogen (secondary N) is 2. The first-order chi connectivity index (χ1) is 10.8. The summed E-state index contributed by atoms with van der Waals surface area (Å²) in [7, 11) is 3.25. The number of hydrogen-bond donors (Lipinski definition) is 2. The van der Waals surface area contributed by atoms with E-state index in [1.165, 1.54) is 18.4 Å². The number of methoxy groups -OCH3 is 1. The predicted molar refractivity (Wildman–Crippen MR) is 96.1 cm³/mol. The van der Waals surface area contributed by atoms with Crippen molar-refractivity contribution in [3.63, 3.8) is 0 Å². The van der Waals surface area contributed by atoms with Crippen molar-refractivity contribution in [2.24, 2.45) is 7.05 Å². The van der Waals surface area contributed by atoms with Gasteiger partial charge in [-0.15, -0.1) is 11.3 Å². The smallest absolute Gasteiger partial charge is 0.340 e. The van der Waals surface area contributed by atoms with Crippen LogP contribution in [0.15, 0.2) is 12.3 Å². The van der Waals surface area contributed by atoms with Gasteiger partial charge in [-0.1, -0.05) is 0 Å².